The number of esters is 1. The summed E-state index contributed by atoms with van der Waals surface area (Å²) in [4.78, 5) is 21.2. The zero-order valence-electron chi connectivity index (χ0n) is 8.94. The molecule has 88 valence electrons. The number of unbranched alkanes of at least 4 members (excludes halogenated alkanes) is 1. The van der Waals surface area contributed by atoms with Crippen molar-refractivity contribution in [2.45, 2.75) is 45.1 Å². The van der Waals surface area contributed by atoms with Crippen LogP contribution in [0.1, 0.15) is 39.0 Å². The van der Waals surface area contributed by atoms with Crippen LogP contribution in [0.5, 0.6) is 0 Å². The Morgan fingerprint density at radius 2 is 1.87 bits per heavy atom. The summed E-state index contributed by atoms with van der Waals surface area (Å²) in [7, 11) is 0. The number of hydrogen-bond acceptors (Lipinski definition) is 4. The molecule has 0 aliphatic heterocycles. The van der Waals surface area contributed by atoms with E-state index >= 15 is 0 Å². The minimum Gasteiger partial charge on any atom is -0.481 e. The Kier molecular flexibility index (Phi) is 7.62. The van der Waals surface area contributed by atoms with Gasteiger partial charge in [0.25, 0.3) is 0 Å². The van der Waals surface area contributed by atoms with Crippen LogP contribution in [0.3, 0.4) is 0 Å². The highest BCUT2D eigenvalue weighted by Crippen LogP contribution is 2.02. The highest BCUT2D eigenvalue weighted by molar-refractivity contribution is 5.69. The molecule has 2 N–H and O–H groups in total. The van der Waals surface area contributed by atoms with E-state index in [1.54, 1.807) is 6.92 Å². The molecule has 0 saturated carbocycles. The van der Waals surface area contributed by atoms with Crippen LogP contribution in [0.2, 0.25) is 0 Å². The maximum absolute atomic E-state index is 11.0. The number of carboxylic acids is 1. The van der Waals surface area contributed by atoms with Gasteiger partial charge in [-0.2, -0.15) is 0 Å². The third kappa shape index (κ3) is 9.21. The molecule has 0 spiro atoms. The molecule has 0 aliphatic rings. The van der Waals surface area contributed by atoms with E-state index in [2.05, 4.69) is 0 Å². The van der Waals surface area contributed by atoms with Gasteiger partial charge in [-0.15, -0.1) is 0 Å². The molecular weight excluding hydrogens is 200 g/mol. The summed E-state index contributed by atoms with van der Waals surface area (Å²) < 4.78 is 4.77. The zero-order valence-corrected chi connectivity index (χ0v) is 8.94. The normalized spacial score (nSPS) is 12.1. The number of carboxylic acid groups (broad SMARTS) is 1. The second kappa shape index (κ2) is 8.23. The van der Waals surface area contributed by atoms with Crippen LogP contribution < -0.4 is 0 Å². The van der Waals surface area contributed by atoms with Gasteiger partial charge in [0.05, 0.1) is 6.10 Å². The van der Waals surface area contributed by atoms with Crippen molar-refractivity contribution in [3.63, 3.8) is 0 Å². The van der Waals surface area contributed by atoms with Crippen molar-refractivity contribution < 1.29 is 24.5 Å². The van der Waals surface area contributed by atoms with Crippen molar-refractivity contribution >= 4 is 11.9 Å². The summed E-state index contributed by atoms with van der Waals surface area (Å²) >= 11 is 0. The molecule has 0 amide bonds. The zero-order chi connectivity index (χ0) is 11.7. The van der Waals surface area contributed by atoms with Gasteiger partial charge in [0.2, 0.25) is 0 Å². The van der Waals surface area contributed by atoms with E-state index in [4.69, 9.17) is 14.9 Å². The number of carbonyl (C=O) groups excluding carboxylic acids is 1. The Bertz CT molecular complexity index is 202. The molecule has 0 fully saturated rings. The molecule has 1 atom stereocenters. The van der Waals surface area contributed by atoms with Crippen molar-refractivity contribution in [3.8, 4) is 0 Å². The van der Waals surface area contributed by atoms with Crippen molar-refractivity contribution in [3.05, 3.63) is 0 Å². The van der Waals surface area contributed by atoms with Crippen LogP contribution in [0, 0.1) is 0 Å². The first kappa shape index (κ1) is 13.9. The van der Waals surface area contributed by atoms with E-state index in [9.17, 15) is 9.59 Å². The SMILES string of the molecule is CCC(O)COC(=O)CCCCC(=O)O. The maximum atomic E-state index is 11.0. The Morgan fingerprint density at radius 3 is 2.40 bits per heavy atom. The quantitative estimate of drug-likeness (QED) is 0.468. The van der Waals surface area contributed by atoms with Crippen LogP contribution >= 0.6 is 0 Å². The summed E-state index contributed by atoms with van der Waals surface area (Å²) in [6.07, 6.45) is 1.21. The molecule has 0 radical (unpaired) electrons. The fourth-order valence-corrected chi connectivity index (χ4v) is 0.925. The number of carbonyl (C=O) groups is 2. The van der Waals surface area contributed by atoms with Gasteiger partial charge in [-0.1, -0.05) is 6.92 Å². The van der Waals surface area contributed by atoms with Gasteiger partial charge in [0.15, 0.2) is 0 Å². The summed E-state index contributed by atoms with van der Waals surface area (Å²) in [6.45, 7) is 1.82. The van der Waals surface area contributed by atoms with Gasteiger partial charge in [-0.3, -0.25) is 9.59 Å². The van der Waals surface area contributed by atoms with Gasteiger partial charge in [-0.05, 0) is 19.3 Å². The lowest BCUT2D eigenvalue weighted by Gasteiger charge is -2.08. The lowest BCUT2D eigenvalue weighted by Crippen LogP contribution is -2.17. The molecule has 0 aromatic rings. The number of rotatable bonds is 8. The Morgan fingerprint density at radius 1 is 1.27 bits per heavy atom. The third-order valence-electron chi connectivity index (χ3n) is 1.93. The molecule has 5 nitrogen and oxygen atoms in total. The minimum atomic E-state index is -0.857. The molecule has 0 aliphatic carbocycles. The monoisotopic (exact) mass is 218 g/mol. The van der Waals surface area contributed by atoms with Gasteiger partial charge < -0.3 is 14.9 Å². The lowest BCUT2D eigenvalue weighted by molar-refractivity contribution is -0.147. The Hall–Kier alpha value is -1.10. The molecule has 0 bridgehead atoms. The van der Waals surface area contributed by atoms with Gasteiger partial charge in [0.1, 0.15) is 6.61 Å². The molecule has 1 unspecified atom stereocenters. The van der Waals surface area contributed by atoms with Gasteiger partial charge in [-0.25, -0.2) is 0 Å². The fourth-order valence-electron chi connectivity index (χ4n) is 0.925. The van der Waals surface area contributed by atoms with Gasteiger partial charge >= 0.3 is 11.9 Å². The molecule has 0 rings (SSSR count). The standard InChI is InChI=1S/C10H18O5/c1-2-8(11)7-15-10(14)6-4-3-5-9(12)13/h8,11H,2-7H2,1H3,(H,12,13). The minimum absolute atomic E-state index is 0.0221. The second-order valence-electron chi connectivity index (χ2n) is 3.35. The van der Waals surface area contributed by atoms with Crippen molar-refractivity contribution in [2.75, 3.05) is 6.61 Å². The predicted octanol–water partition coefficient (Wildman–Crippen LogP) is 0.946. The molecule has 0 aromatic carbocycles. The number of aliphatic hydroxyl groups is 1. The summed E-state index contributed by atoms with van der Waals surface area (Å²) in [5, 5.41) is 17.4. The van der Waals surface area contributed by atoms with Gasteiger partial charge in [0, 0.05) is 12.8 Å². The predicted molar refractivity (Wildman–Crippen MR) is 53.4 cm³/mol. The molecule has 0 heterocycles. The third-order valence-corrected chi connectivity index (χ3v) is 1.93. The largest absolute Gasteiger partial charge is 0.481 e. The van der Waals surface area contributed by atoms with E-state index in [0.717, 1.165) is 0 Å². The second-order valence-corrected chi connectivity index (χ2v) is 3.35. The van der Waals surface area contributed by atoms with E-state index < -0.39 is 12.1 Å². The number of ether oxygens (including phenoxy) is 1. The van der Waals surface area contributed by atoms with Crippen LogP contribution in [0.25, 0.3) is 0 Å². The number of aliphatic carboxylic acids is 1. The Labute approximate surface area is 89.0 Å². The Balaban J connectivity index is 3.37. The number of hydrogen-bond donors (Lipinski definition) is 2. The topological polar surface area (TPSA) is 83.8 Å². The van der Waals surface area contributed by atoms with Crippen LogP contribution in [0.15, 0.2) is 0 Å². The fraction of sp³-hybridized carbons (Fsp3) is 0.800. The summed E-state index contributed by atoms with van der Waals surface area (Å²) in [5.74, 6) is -1.24. The molecule has 5 heteroatoms. The highest BCUT2D eigenvalue weighted by atomic mass is 16.5. The van der Waals surface area contributed by atoms with Crippen LogP contribution in [-0.4, -0.2) is 34.9 Å². The maximum Gasteiger partial charge on any atom is 0.305 e. The average Bonchev–Trinajstić information content (AvgIpc) is 2.20. The van der Waals surface area contributed by atoms with E-state index in [1.165, 1.54) is 0 Å². The number of aliphatic hydroxyl groups excluding tert-OH is 1. The molecule has 0 aromatic heterocycles. The molecular formula is C10H18O5. The van der Waals surface area contributed by atoms with E-state index in [-0.39, 0.29) is 25.4 Å². The smallest absolute Gasteiger partial charge is 0.305 e. The van der Waals surface area contributed by atoms with E-state index in [1.807, 2.05) is 0 Å². The average molecular weight is 218 g/mol. The first-order valence-corrected chi connectivity index (χ1v) is 5.11. The van der Waals surface area contributed by atoms with E-state index in [0.29, 0.717) is 19.3 Å². The molecule has 15 heavy (non-hydrogen) atoms. The summed E-state index contributed by atoms with van der Waals surface area (Å²) in [6, 6.07) is 0. The lowest BCUT2D eigenvalue weighted by atomic mass is 10.2. The molecule has 0 saturated heterocycles. The van der Waals surface area contributed by atoms with Crippen molar-refractivity contribution in [1.82, 2.24) is 0 Å². The van der Waals surface area contributed by atoms with Crippen LogP contribution in [-0.2, 0) is 14.3 Å². The van der Waals surface area contributed by atoms with Crippen molar-refractivity contribution in [1.29, 1.82) is 0 Å². The van der Waals surface area contributed by atoms with Crippen molar-refractivity contribution in [2.24, 2.45) is 0 Å². The van der Waals surface area contributed by atoms with Crippen LogP contribution in [0.4, 0.5) is 0 Å². The first-order valence-electron chi connectivity index (χ1n) is 5.11. The first-order chi connectivity index (χ1) is 7.06. The highest BCUT2D eigenvalue weighted by Gasteiger charge is 2.07. The summed E-state index contributed by atoms with van der Waals surface area (Å²) in [5.41, 5.74) is 0.